The minimum Gasteiger partial charge on any atom is -0.295 e. The van der Waals surface area contributed by atoms with Crippen LogP contribution in [0.5, 0.6) is 0 Å². The van der Waals surface area contributed by atoms with Crippen molar-refractivity contribution in [2.24, 2.45) is 10.8 Å². The molecule has 0 aliphatic carbocycles. The molecule has 3 N–H and O–H groups in total. The Kier molecular flexibility index (Phi) is 2.80. The molecule has 0 aromatic heterocycles. The minimum absolute atomic E-state index is 0.332. The van der Waals surface area contributed by atoms with Crippen LogP contribution in [0, 0.1) is 0 Å². The summed E-state index contributed by atoms with van der Waals surface area (Å²) < 4.78 is 0. The number of amidine groups is 1. The van der Waals surface area contributed by atoms with Gasteiger partial charge in [0.2, 0.25) is 0 Å². The lowest BCUT2D eigenvalue weighted by Gasteiger charge is -2.32. The van der Waals surface area contributed by atoms with Gasteiger partial charge in [-0.15, -0.1) is 0 Å². The minimum atomic E-state index is -0.332. The summed E-state index contributed by atoms with van der Waals surface area (Å²) in [5.74, 6) is 6.91. The van der Waals surface area contributed by atoms with Crippen molar-refractivity contribution < 1.29 is 0 Å². The molecule has 0 spiro atoms. The molecule has 0 bridgehead atoms. The van der Waals surface area contributed by atoms with E-state index >= 15 is 0 Å². The van der Waals surface area contributed by atoms with Gasteiger partial charge in [0, 0.05) is 6.20 Å². The average Bonchev–Trinajstić information content (AvgIpc) is 2.97. The van der Waals surface area contributed by atoms with Crippen molar-refractivity contribution >= 4 is 11.5 Å². The third-order valence-electron chi connectivity index (χ3n) is 3.81. The highest BCUT2D eigenvalue weighted by atomic mass is 15.6. The Morgan fingerprint density at radius 3 is 2.68 bits per heavy atom. The van der Waals surface area contributed by atoms with E-state index in [1.165, 1.54) is 5.57 Å². The van der Waals surface area contributed by atoms with Gasteiger partial charge in [-0.3, -0.25) is 15.0 Å². The van der Waals surface area contributed by atoms with Crippen molar-refractivity contribution in [1.29, 1.82) is 0 Å². The lowest BCUT2D eigenvalue weighted by molar-refractivity contribution is 0.432. The molecule has 2 aliphatic heterocycles. The number of anilines is 1. The summed E-state index contributed by atoms with van der Waals surface area (Å²) in [5.41, 5.74) is 5.47. The number of hydrogen-bond donors (Lipinski definition) is 2. The summed E-state index contributed by atoms with van der Waals surface area (Å²) in [4.78, 5) is 4.54. The van der Waals surface area contributed by atoms with Crippen molar-refractivity contribution in [1.82, 2.24) is 10.4 Å². The third kappa shape index (κ3) is 1.91. The van der Waals surface area contributed by atoms with Crippen LogP contribution in [0.2, 0.25) is 0 Å². The first-order valence-corrected chi connectivity index (χ1v) is 6.49. The number of nitrogens with two attached hydrogens (primary N) is 1. The van der Waals surface area contributed by atoms with E-state index in [1.807, 2.05) is 23.2 Å². The number of nitrogens with zero attached hydrogens (tertiary/aromatic N) is 3. The molecule has 2 heterocycles. The number of hydrogen-bond acceptors (Lipinski definition) is 5. The summed E-state index contributed by atoms with van der Waals surface area (Å²) in [5, 5.41) is 3.77. The van der Waals surface area contributed by atoms with Gasteiger partial charge in [-0.2, -0.15) is 0 Å². The zero-order chi connectivity index (χ0) is 13.5. The maximum absolute atomic E-state index is 6.01. The first kappa shape index (κ1) is 12.2. The van der Waals surface area contributed by atoms with Crippen molar-refractivity contribution in [2.75, 3.05) is 18.1 Å². The molecular formula is C14H19N5. The highest BCUT2D eigenvalue weighted by molar-refractivity contribution is 5.96. The van der Waals surface area contributed by atoms with Gasteiger partial charge in [-0.25, -0.2) is 11.3 Å². The molecule has 1 aromatic rings. The summed E-state index contributed by atoms with van der Waals surface area (Å²) >= 11 is 0. The number of benzene rings is 1. The average molecular weight is 257 g/mol. The van der Waals surface area contributed by atoms with Crippen LogP contribution in [0.15, 0.2) is 47.1 Å². The fourth-order valence-corrected chi connectivity index (χ4v) is 2.54. The fourth-order valence-electron chi connectivity index (χ4n) is 2.54. The second-order valence-electron chi connectivity index (χ2n) is 5.15. The Morgan fingerprint density at radius 1 is 1.32 bits per heavy atom. The van der Waals surface area contributed by atoms with E-state index in [1.54, 1.807) is 5.01 Å². The van der Waals surface area contributed by atoms with Gasteiger partial charge in [-0.1, -0.05) is 18.2 Å². The lowest BCUT2D eigenvalue weighted by Crippen LogP contribution is -2.57. The van der Waals surface area contributed by atoms with Gasteiger partial charge in [-0.05, 0) is 31.6 Å². The largest absolute Gasteiger partial charge is 0.295 e. The molecule has 5 nitrogen and oxygen atoms in total. The highest BCUT2D eigenvalue weighted by Gasteiger charge is 2.42. The molecule has 5 heteroatoms. The Hall–Kier alpha value is -1.85. The topological polar surface area (TPSA) is 56.9 Å². The second kappa shape index (κ2) is 4.36. The summed E-state index contributed by atoms with van der Waals surface area (Å²) in [6, 6.07) is 10.2. The van der Waals surface area contributed by atoms with Crippen LogP contribution in [-0.4, -0.2) is 29.5 Å². The first-order valence-electron chi connectivity index (χ1n) is 6.49. The monoisotopic (exact) mass is 257 g/mol. The zero-order valence-electron chi connectivity index (χ0n) is 11.3. The van der Waals surface area contributed by atoms with Crippen molar-refractivity contribution in [3.63, 3.8) is 0 Å². The molecule has 0 fully saturated rings. The second-order valence-corrected chi connectivity index (χ2v) is 5.15. The number of hydrazine groups is 2. The Balaban J connectivity index is 1.90. The van der Waals surface area contributed by atoms with Crippen LogP contribution in [0.4, 0.5) is 5.69 Å². The lowest BCUT2D eigenvalue weighted by atomic mass is 9.94. The van der Waals surface area contributed by atoms with Gasteiger partial charge in [0.15, 0.2) is 0 Å². The van der Waals surface area contributed by atoms with Gasteiger partial charge in [0.25, 0.3) is 0 Å². The van der Waals surface area contributed by atoms with Gasteiger partial charge in [0.1, 0.15) is 11.4 Å². The highest BCUT2D eigenvalue weighted by Crippen LogP contribution is 2.30. The molecule has 3 rings (SSSR count). The predicted octanol–water partition coefficient (Wildman–Crippen LogP) is 1.26. The Bertz CT molecular complexity index is 536. The van der Waals surface area contributed by atoms with Crippen LogP contribution < -0.4 is 16.3 Å². The van der Waals surface area contributed by atoms with E-state index in [0.29, 0.717) is 0 Å². The molecule has 1 aromatic carbocycles. The summed E-state index contributed by atoms with van der Waals surface area (Å²) in [6.07, 6.45) is 2.10. The molecule has 0 radical (unpaired) electrons. The normalized spacial score (nSPS) is 26.7. The van der Waals surface area contributed by atoms with E-state index in [4.69, 9.17) is 5.84 Å². The quantitative estimate of drug-likeness (QED) is 0.783. The summed E-state index contributed by atoms with van der Waals surface area (Å²) in [7, 11) is 0. The molecule has 0 saturated heterocycles. The van der Waals surface area contributed by atoms with E-state index < -0.39 is 0 Å². The fraction of sp³-hybridized carbons (Fsp3) is 0.357. The molecule has 19 heavy (non-hydrogen) atoms. The van der Waals surface area contributed by atoms with Gasteiger partial charge < -0.3 is 0 Å². The Labute approximate surface area is 113 Å². The van der Waals surface area contributed by atoms with Crippen LogP contribution in [0.25, 0.3) is 0 Å². The zero-order valence-corrected chi connectivity index (χ0v) is 11.3. The van der Waals surface area contributed by atoms with Crippen LogP contribution >= 0.6 is 0 Å². The Morgan fingerprint density at radius 2 is 2.05 bits per heavy atom. The SMILES string of the molecule is CC1=CN(c2ccccc2)NC1(C)C1=NCCN1N. The number of para-hydroxylation sites is 1. The molecule has 0 amide bonds. The number of nitrogens with one attached hydrogen (secondary N) is 1. The molecule has 2 aliphatic rings. The van der Waals surface area contributed by atoms with Crippen molar-refractivity contribution in [3.8, 4) is 0 Å². The summed E-state index contributed by atoms with van der Waals surface area (Å²) in [6.45, 7) is 5.77. The van der Waals surface area contributed by atoms with Gasteiger partial charge in [0.05, 0.1) is 18.8 Å². The molecule has 1 unspecified atom stereocenters. The van der Waals surface area contributed by atoms with Crippen LogP contribution in [0.1, 0.15) is 13.8 Å². The molecule has 100 valence electrons. The predicted molar refractivity (Wildman–Crippen MR) is 77.4 cm³/mol. The third-order valence-corrected chi connectivity index (χ3v) is 3.81. The molecule has 0 saturated carbocycles. The maximum atomic E-state index is 6.01. The van der Waals surface area contributed by atoms with Gasteiger partial charge >= 0.3 is 0 Å². The maximum Gasteiger partial charge on any atom is 0.140 e. The first-order chi connectivity index (χ1) is 9.11. The number of aliphatic imine (C=N–C) groups is 1. The van der Waals surface area contributed by atoms with E-state index in [-0.39, 0.29) is 5.54 Å². The van der Waals surface area contributed by atoms with Crippen molar-refractivity contribution in [2.45, 2.75) is 19.4 Å². The van der Waals surface area contributed by atoms with E-state index in [9.17, 15) is 0 Å². The molecule has 1 atom stereocenters. The van der Waals surface area contributed by atoms with Crippen molar-refractivity contribution in [3.05, 3.63) is 42.1 Å². The van der Waals surface area contributed by atoms with Crippen LogP contribution in [0.3, 0.4) is 0 Å². The smallest absolute Gasteiger partial charge is 0.140 e. The van der Waals surface area contributed by atoms with E-state index in [0.717, 1.165) is 24.6 Å². The standard InChI is InChI=1S/C14H19N5/c1-11-10-19(12-6-4-3-5-7-12)17-14(11,2)13-16-8-9-18(13)15/h3-7,10,17H,8-9,15H2,1-2H3. The number of rotatable bonds is 2. The van der Waals surface area contributed by atoms with E-state index in [2.05, 4.69) is 42.6 Å². The van der Waals surface area contributed by atoms with Crippen LogP contribution in [-0.2, 0) is 0 Å². The molecular weight excluding hydrogens is 238 g/mol.